The van der Waals surface area contributed by atoms with Crippen LogP contribution in [0.15, 0.2) is 24.5 Å². The summed E-state index contributed by atoms with van der Waals surface area (Å²) >= 11 is 0. The van der Waals surface area contributed by atoms with E-state index in [0.717, 1.165) is 5.56 Å². The van der Waals surface area contributed by atoms with Crippen LogP contribution in [0.1, 0.15) is 5.56 Å². The Bertz CT molecular complexity index is 391. The van der Waals surface area contributed by atoms with Crippen molar-refractivity contribution in [1.29, 1.82) is 0 Å². The number of aliphatic hydroxyl groups is 1. The van der Waals surface area contributed by atoms with E-state index < -0.39 is 10.0 Å². The van der Waals surface area contributed by atoms with Gasteiger partial charge in [-0.15, -0.1) is 0 Å². The molecule has 1 N–H and O–H groups in total. The fraction of sp³-hybridized carbons (Fsp3) is 0.444. The van der Waals surface area contributed by atoms with E-state index in [1.54, 1.807) is 24.5 Å². The molecule has 0 radical (unpaired) electrons. The van der Waals surface area contributed by atoms with Crippen LogP contribution in [0, 0.1) is 0 Å². The lowest BCUT2D eigenvalue weighted by atomic mass is 10.3. The molecular formula is C9H14N2O3S. The fourth-order valence-corrected chi connectivity index (χ4v) is 2.00. The van der Waals surface area contributed by atoms with Crippen molar-refractivity contribution < 1.29 is 13.5 Å². The zero-order valence-electron chi connectivity index (χ0n) is 8.50. The molecule has 5 nitrogen and oxygen atoms in total. The van der Waals surface area contributed by atoms with Gasteiger partial charge in [0.05, 0.1) is 12.4 Å². The average molecular weight is 230 g/mol. The molecule has 15 heavy (non-hydrogen) atoms. The molecule has 0 amide bonds. The molecule has 0 aromatic carbocycles. The van der Waals surface area contributed by atoms with Gasteiger partial charge in [0.1, 0.15) is 0 Å². The zero-order chi connectivity index (χ0) is 11.3. The summed E-state index contributed by atoms with van der Waals surface area (Å²) in [7, 11) is -1.85. The molecule has 0 atom stereocenters. The van der Waals surface area contributed by atoms with Gasteiger partial charge in [-0.05, 0) is 17.7 Å². The van der Waals surface area contributed by atoms with E-state index in [1.165, 1.54) is 11.4 Å². The molecule has 0 saturated carbocycles. The van der Waals surface area contributed by atoms with Crippen LogP contribution in [0.3, 0.4) is 0 Å². The van der Waals surface area contributed by atoms with Gasteiger partial charge >= 0.3 is 0 Å². The highest BCUT2D eigenvalue weighted by atomic mass is 32.2. The smallest absolute Gasteiger partial charge is 0.216 e. The molecule has 0 aliphatic heterocycles. The summed E-state index contributed by atoms with van der Waals surface area (Å²) in [5.41, 5.74) is 0.869. The Morgan fingerprint density at radius 1 is 1.40 bits per heavy atom. The molecule has 0 bridgehead atoms. The summed E-state index contributed by atoms with van der Waals surface area (Å²) in [6.45, 7) is -0.0616. The quantitative estimate of drug-likeness (QED) is 0.762. The van der Waals surface area contributed by atoms with Gasteiger partial charge in [0.2, 0.25) is 10.0 Å². The van der Waals surface area contributed by atoms with Gasteiger partial charge in [-0.25, -0.2) is 12.7 Å². The van der Waals surface area contributed by atoms with Gasteiger partial charge < -0.3 is 5.11 Å². The van der Waals surface area contributed by atoms with Gasteiger partial charge in [-0.1, -0.05) is 0 Å². The second-order valence-electron chi connectivity index (χ2n) is 3.15. The summed E-state index contributed by atoms with van der Waals surface area (Å²) < 4.78 is 24.2. The first-order valence-electron chi connectivity index (χ1n) is 4.50. The molecule has 0 saturated heterocycles. The summed E-state index contributed by atoms with van der Waals surface area (Å²) in [6, 6.07) is 3.51. The molecular weight excluding hydrogens is 216 g/mol. The normalized spacial score (nSPS) is 11.9. The molecule has 0 spiro atoms. The number of sulfonamides is 1. The first-order valence-corrected chi connectivity index (χ1v) is 6.11. The van der Waals surface area contributed by atoms with Crippen molar-refractivity contribution in [3.05, 3.63) is 30.1 Å². The van der Waals surface area contributed by atoms with E-state index in [9.17, 15) is 8.42 Å². The maximum atomic E-state index is 11.5. The van der Waals surface area contributed by atoms with Crippen molar-refractivity contribution >= 4 is 10.0 Å². The standard InChI is InChI=1S/C9H14N2O3S/c1-11(15(13,14)7-6-12)8-9-2-4-10-5-3-9/h2-5,12H,6-8H2,1H3. The van der Waals surface area contributed by atoms with E-state index in [1.807, 2.05) is 0 Å². The second-order valence-corrected chi connectivity index (χ2v) is 5.35. The van der Waals surface area contributed by atoms with Crippen LogP contribution in [0.5, 0.6) is 0 Å². The number of pyridine rings is 1. The summed E-state index contributed by atoms with van der Waals surface area (Å²) in [6.07, 6.45) is 3.23. The molecule has 0 aliphatic rings. The maximum absolute atomic E-state index is 11.5. The Labute approximate surface area is 89.4 Å². The Morgan fingerprint density at radius 2 is 2.00 bits per heavy atom. The molecule has 84 valence electrons. The first-order chi connectivity index (χ1) is 7.06. The third kappa shape index (κ3) is 3.58. The fourth-order valence-electron chi connectivity index (χ4n) is 1.11. The highest BCUT2D eigenvalue weighted by Gasteiger charge is 2.16. The lowest BCUT2D eigenvalue weighted by Gasteiger charge is -2.16. The van der Waals surface area contributed by atoms with Crippen LogP contribution >= 0.6 is 0 Å². The zero-order valence-corrected chi connectivity index (χ0v) is 9.31. The Hall–Kier alpha value is -0.980. The van der Waals surface area contributed by atoms with Crippen molar-refractivity contribution in [3.63, 3.8) is 0 Å². The minimum Gasteiger partial charge on any atom is -0.395 e. The second kappa shape index (κ2) is 5.20. The van der Waals surface area contributed by atoms with Crippen molar-refractivity contribution in [2.75, 3.05) is 19.4 Å². The minimum atomic E-state index is -3.35. The molecule has 0 aliphatic carbocycles. The number of nitrogens with zero attached hydrogens (tertiary/aromatic N) is 2. The molecule has 1 heterocycles. The third-order valence-corrected chi connectivity index (χ3v) is 3.76. The first kappa shape index (κ1) is 12.1. The number of aliphatic hydroxyl groups excluding tert-OH is 1. The minimum absolute atomic E-state index is 0.241. The Kier molecular flexibility index (Phi) is 4.19. The van der Waals surface area contributed by atoms with Gasteiger partial charge in [-0.2, -0.15) is 0 Å². The maximum Gasteiger partial charge on any atom is 0.216 e. The third-order valence-electron chi connectivity index (χ3n) is 1.98. The summed E-state index contributed by atoms with van der Waals surface area (Å²) in [5, 5.41) is 8.60. The van der Waals surface area contributed by atoms with Gasteiger partial charge in [-0.3, -0.25) is 4.98 Å². The van der Waals surface area contributed by atoms with Crippen molar-refractivity contribution in [2.45, 2.75) is 6.54 Å². The predicted octanol–water partition coefficient (Wildman–Crippen LogP) is -0.165. The lowest BCUT2D eigenvalue weighted by molar-refractivity contribution is 0.316. The topological polar surface area (TPSA) is 70.5 Å². The van der Waals surface area contributed by atoms with Crippen LogP contribution in [-0.2, 0) is 16.6 Å². The van der Waals surface area contributed by atoms with Gasteiger partial charge in [0.15, 0.2) is 0 Å². The van der Waals surface area contributed by atoms with E-state index in [0.29, 0.717) is 6.54 Å². The number of hydrogen-bond donors (Lipinski definition) is 1. The van der Waals surface area contributed by atoms with Crippen LogP contribution < -0.4 is 0 Å². The van der Waals surface area contributed by atoms with Crippen LogP contribution in [0.4, 0.5) is 0 Å². The van der Waals surface area contributed by atoms with E-state index in [2.05, 4.69) is 4.98 Å². The molecule has 1 aromatic rings. The van der Waals surface area contributed by atoms with E-state index >= 15 is 0 Å². The summed E-state index contributed by atoms with van der Waals surface area (Å²) in [4.78, 5) is 3.84. The van der Waals surface area contributed by atoms with Crippen molar-refractivity contribution in [1.82, 2.24) is 9.29 Å². The SMILES string of the molecule is CN(Cc1ccncc1)S(=O)(=O)CCO. The van der Waals surface area contributed by atoms with Crippen molar-refractivity contribution in [3.8, 4) is 0 Å². The highest BCUT2D eigenvalue weighted by Crippen LogP contribution is 2.05. The molecule has 1 aromatic heterocycles. The lowest BCUT2D eigenvalue weighted by Crippen LogP contribution is -2.30. The van der Waals surface area contributed by atoms with Crippen molar-refractivity contribution in [2.24, 2.45) is 0 Å². The molecule has 1 rings (SSSR count). The number of aromatic nitrogens is 1. The highest BCUT2D eigenvalue weighted by molar-refractivity contribution is 7.89. The summed E-state index contributed by atoms with van der Waals surface area (Å²) in [5.74, 6) is -0.241. The monoisotopic (exact) mass is 230 g/mol. The average Bonchev–Trinajstić information content (AvgIpc) is 2.19. The predicted molar refractivity (Wildman–Crippen MR) is 56.6 cm³/mol. The molecule has 6 heteroatoms. The molecule has 0 unspecified atom stereocenters. The van der Waals surface area contributed by atoms with Gasteiger partial charge in [0, 0.05) is 26.0 Å². The Morgan fingerprint density at radius 3 is 2.53 bits per heavy atom. The van der Waals surface area contributed by atoms with Crippen LogP contribution in [0.2, 0.25) is 0 Å². The largest absolute Gasteiger partial charge is 0.395 e. The number of hydrogen-bond acceptors (Lipinski definition) is 4. The Balaban J connectivity index is 2.68. The van der Waals surface area contributed by atoms with Crippen LogP contribution in [-0.4, -0.2) is 42.2 Å². The number of rotatable bonds is 5. The molecule has 0 fully saturated rings. The van der Waals surface area contributed by atoms with E-state index in [-0.39, 0.29) is 12.4 Å². The van der Waals surface area contributed by atoms with E-state index in [4.69, 9.17) is 5.11 Å². The van der Waals surface area contributed by atoms with Gasteiger partial charge in [0.25, 0.3) is 0 Å². The van der Waals surface area contributed by atoms with Crippen LogP contribution in [0.25, 0.3) is 0 Å².